The number of hydrogen-bond acceptors (Lipinski definition) is 4. The molecule has 1 aromatic heterocycles. The van der Waals surface area contributed by atoms with E-state index in [1.165, 1.54) is 6.92 Å². The number of amides is 2. The van der Waals surface area contributed by atoms with Gasteiger partial charge in [0, 0.05) is 36.4 Å². The van der Waals surface area contributed by atoms with Gasteiger partial charge in [0.2, 0.25) is 11.8 Å². The molecule has 2 amide bonds. The monoisotopic (exact) mass is 466 g/mol. The summed E-state index contributed by atoms with van der Waals surface area (Å²) in [4.78, 5) is 24.4. The summed E-state index contributed by atoms with van der Waals surface area (Å²) in [6.45, 7) is 1.30. The van der Waals surface area contributed by atoms with Crippen LogP contribution in [0, 0.1) is 11.8 Å². The molecular formula is C29H26N2O4. The lowest BCUT2D eigenvalue weighted by Crippen LogP contribution is -2.48. The minimum absolute atomic E-state index is 0.115. The van der Waals surface area contributed by atoms with Crippen LogP contribution in [0.2, 0.25) is 0 Å². The van der Waals surface area contributed by atoms with Crippen molar-refractivity contribution in [3.63, 3.8) is 0 Å². The Bertz CT molecular complexity index is 1380. The summed E-state index contributed by atoms with van der Waals surface area (Å²) < 4.78 is 6.22. The molecule has 3 aromatic carbocycles. The Labute approximate surface area is 204 Å². The minimum Gasteiger partial charge on any atom is -0.455 e. The maximum Gasteiger partial charge on any atom is 0.243 e. The van der Waals surface area contributed by atoms with Crippen LogP contribution in [0.5, 0.6) is 0 Å². The fourth-order valence-corrected chi connectivity index (χ4v) is 3.82. The molecule has 0 saturated heterocycles. The number of aliphatic hydroxyl groups is 1. The van der Waals surface area contributed by atoms with E-state index >= 15 is 0 Å². The first-order valence-electron chi connectivity index (χ1n) is 11.4. The molecule has 0 bridgehead atoms. The molecule has 4 rings (SSSR count). The summed E-state index contributed by atoms with van der Waals surface area (Å²) in [7, 11) is 0. The van der Waals surface area contributed by atoms with Crippen molar-refractivity contribution in [2.75, 3.05) is 13.2 Å². The molecule has 0 aliphatic rings. The third-order valence-electron chi connectivity index (χ3n) is 5.39. The van der Waals surface area contributed by atoms with Gasteiger partial charge in [-0.25, -0.2) is 0 Å². The number of aliphatic hydroxyl groups excluding tert-OH is 1. The fraction of sp³-hybridized carbons (Fsp3) is 0.172. The van der Waals surface area contributed by atoms with Crippen LogP contribution in [0.15, 0.2) is 83.3 Å². The van der Waals surface area contributed by atoms with Crippen molar-refractivity contribution in [3.05, 3.63) is 95.6 Å². The highest BCUT2D eigenvalue weighted by Gasteiger charge is 2.21. The van der Waals surface area contributed by atoms with Crippen molar-refractivity contribution in [2.45, 2.75) is 19.4 Å². The number of rotatable bonds is 7. The lowest BCUT2D eigenvalue weighted by Gasteiger charge is -2.17. The van der Waals surface area contributed by atoms with Gasteiger partial charge >= 0.3 is 0 Å². The van der Waals surface area contributed by atoms with Crippen LogP contribution in [0.25, 0.3) is 22.3 Å². The number of fused-ring (bicyclic) bond motifs is 1. The van der Waals surface area contributed by atoms with E-state index < -0.39 is 6.04 Å². The first-order valence-corrected chi connectivity index (χ1v) is 11.4. The van der Waals surface area contributed by atoms with Crippen LogP contribution in [0.3, 0.4) is 0 Å². The fourth-order valence-electron chi connectivity index (χ4n) is 3.82. The topological polar surface area (TPSA) is 91.6 Å². The van der Waals surface area contributed by atoms with E-state index in [1.54, 1.807) is 0 Å². The Balaban J connectivity index is 1.76. The Morgan fingerprint density at radius 2 is 1.69 bits per heavy atom. The Kier molecular flexibility index (Phi) is 7.61. The molecule has 0 radical (unpaired) electrons. The quantitative estimate of drug-likeness (QED) is 0.363. The normalized spacial score (nSPS) is 11.4. The minimum atomic E-state index is -0.785. The molecule has 0 aliphatic heterocycles. The van der Waals surface area contributed by atoms with Crippen molar-refractivity contribution in [3.8, 4) is 23.2 Å². The highest BCUT2D eigenvalue weighted by Crippen LogP contribution is 2.31. The Morgan fingerprint density at radius 3 is 2.37 bits per heavy atom. The number of carbonyl (C=O) groups excluding carboxylic acids is 2. The van der Waals surface area contributed by atoms with Gasteiger partial charge in [0.1, 0.15) is 17.4 Å². The van der Waals surface area contributed by atoms with E-state index in [0.29, 0.717) is 11.1 Å². The van der Waals surface area contributed by atoms with Crippen LogP contribution >= 0.6 is 0 Å². The lowest BCUT2D eigenvalue weighted by molar-refractivity contribution is -0.128. The van der Waals surface area contributed by atoms with E-state index in [0.717, 1.165) is 27.8 Å². The molecule has 6 heteroatoms. The molecule has 6 nitrogen and oxygen atoms in total. The van der Waals surface area contributed by atoms with Gasteiger partial charge in [-0.1, -0.05) is 60.4 Å². The van der Waals surface area contributed by atoms with Gasteiger partial charge in [-0.2, -0.15) is 0 Å². The molecule has 1 heterocycles. The molecule has 1 atom stereocenters. The summed E-state index contributed by atoms with van der Waals surface area (Å²) >= 11 is 0. The molecule has 35 heavy (non-hydrogen) atoms. The van der Waals surface area contributed by atoms with Crippen LogP contribution in [-0.4, -0.2) is 36.1 Å². The zero-order chi connectivity index (χ0) is 24.6. The van der Waals surface area contributed by atoms with Crippen molar-refractivity contribution in [1.82, 2.24) is 10.6 Å². The van der Waals surface area contributed by atoms with Crippen molar-refractivity contribution in [1.29, 1.82) is 0 Å². The highest BCUT2D eigenvalue weighted by molar-refractivity contribution is 5.90. The van der Waals surface area contributed by atoms with Gasteiger partial charge < -0.3 is 20.2 Å². The molecular weight excluding hydrogens is 440 g/mol. The average Bonchev–Trinajstić information content (AvgIpc) is 3.31. The molecule has 0 aliphatic carbocycles. The molecule has 0 fully saturated rings. The predicted octanol–water partition coefficient (Wildman–Crippen LogP) is 3.66. The zero-order valence-corrected chi connectivity index (χ0v) is 19.4. The Morgan fingerprint density at radius 1 is 0.971 bits per heavy atom. The zero-order valence-electron chi connectivity index (χ0n) is 19.4. The molecule has 0 saturated carbocycles. The van der Waals surface area contributed by atoms with E-state index in [9.17, 15) is 9.59 Å². The van der Waals surface area contributed by atoms with Gasteiger partial charge in [0.05, 0.1) is 12.2 Å². The molecule has 0 unspecified atom stereocenters. The summed E-state index contributed by atoms with van der Waals surface area (Å²) in [5.41, 5.74) is 4.01. The average molecular weight is 467 g/mol. The summed E-state index contributed by atoms with van der Waals surface area (Å²) in [5, 5.41) is 15.2. The SMILES string of the molecule is CC(=O)N[C@@H](Cc1cc(C#Cc2ccccc2)c2oc(-c3ccccc3)cc2c1)C(=O)NCCO. The van der Waals surface area contributed by atoms with Gasteiger partial charge in [-0.15, -0.1) is 0 Å². The Hall–Kier alpha value is -4.34. The molecule has 176 valence electrons. The van der Waals surface area contributed by atoms with E-state index in [1.807, 2.05) is 78.9 Å². The second kappa shape index (κ2) is 11.2. The van der Waals surface area contributed by atoms with E-state index in [2.05, 4.69) is 22.5 Å². The molecule has 0 spiro atoms. The first-order chi connectivity index (χ1) is 17.0. The van der Waals surface area contributed by atoms with E-state index in [4.69, 9.17) is 9.52 Å². The van der Waals surface area contributed by atoms with Crippen molar-refractivity contribution < 1.29 is 19.1 Å². The third kappa shape index (κ3) is 6.17. The van der Waals surface area contributed by atoms with Crippen molar-refractivity contribution >= 4 is 22.8 Å². The predicted molar refractivity (Wildman–Crippen MR) is 135 cm³/mol. The van der Waals surface area contributed by atoms with Crippen LogP contribution in [-0.2, 0) is 16.0 Å². The summed E-state index contributed by atoms with van der Waals surface area (Å²) in [6, 6.07) is 24.5. The second-order valence-electron chi connectivity index (χ2n) is 8.13. The van der Waals surface area contributed by atoms with Gasteiger partial charge in [-0.3, -0.25) is 9.59 Å². The summed E-state index contributed by atoms with van der Waals surface area (Å²) in [6.07, 6.45) is 0.263. The standard InChI is InChI=1S/C29H26N2O4/c1-20(33)31-26(29(34)30-14-15-32)18-22-16-24(13-12-21-8-4-2-5-9-21)28-25(17-22)19-27(35-28)23-10-6-3-7-11-23/h2-11,16-17,19,26,32H,14-15,18H2,1H3,(H,30,34)(H,31,33)/t26-/m0/s1. The first kappa shape index (κ1) is 23.8. The molecule has 4 aromatic rings. The van der Waals surface area contributed by atoms with Crippen LogP contribution < -0.4 is 10.6 Å². The maximum absolute atomic E-state index is 12.6. The number of hydrogen-bond donors (Lipinski definition) is 3. The van der Waals surface area contributed by atoms with E-state index in [-0.39, 0.29) is 31.4 Å². The van der Waals surface area contributed by atoms with Crippen LogP contribution in [0.4, 0.5) is 0 Å². The third-order valence-corrected chi connectivity index (χ3v) is 5.39. The highest BCUT2D eigenvalue weighted by atomic mass is 16.3. The summed E-state index contributed by atoms with van der Waals surface area (Å²) in [5.74, 6) is 6.45. The van der Waals surface area contributed by atoms with Crippen LogP contribution in [0.1, 0.15) is 23.6 Å². The number of benzene rings is 3. The smallest absolute Gasteiger partial charge is 0.243 e. The van der Waals surface area contributed by atoms with Crippen molar-refractivity contribution in [2.24, 2.45) is 0 Å². The largest absolute Gasteiger partial charge is 0.455 e. The van der Waals surface area contributed by atoms with Gasteiger partial charge in [0.25, 0.3) is 0 Å². The van der Waals surface area contributed by atoms with Gasteiger partial charge in [0.15, 0.2) is 0 Å². The number of carbonyl (C=O) groups is 2. The number of furan rings is 1. The lowest BCUT2D eigenvalue weighted by atomic mass is 10.00. The number of nitrogens with one attached hydrogen (secondary N) is 2. The van der Waals surface area contributed by atoms with Gasteiger partial charge in [-0.05, 0) is 35.9 Å². The maximum atomic E-state index is 12.6. The second-order valence-corrected chi connectivity index (χ2v) is 8.13. The molecule has 3 N–H and O–H groups in total.